The maximum Gasteiger partial charge on any atom is 0.335 e. The molecule has 5 heteroatoms. The van der Waals surface area contributed by atoms with Crippen LogP contribution >= 0.6 is 15.9 Å². The fourth-order valence-corrected chi connectivity index (χ4v) is 2.49. The highest BCUT2D eigenvalue weighted by Crippen LogP contribution is 2.20. The predicted molar refractivity (Wildman–Crippen MR) is 100 cm³/mol. The van der Waals surface area contributed by atoms with E-state index in [1.54, 1.807) is 14.0 Å². The molecule has 0 spiro atoms. The zero-order valence-electron chi connectivity index (χ0n) is 13.7. The molecule has 0 saturated heterocycles. The second-order valence-electron chi connectivity index (χ2n) is 4.99. The number of anilines is 1. The first kappa shape index (κ1) is 18.1. The van der Waals surface area contributed by atoms with E-state index < -0.39 is 0 Å². The summed E-state index contributed by atoms with van der Waals surface area (Å²) in [6.07, 6.45) is 1.83. The summed E-state index contributed by atoms with van der Waals surface area (Å²) in [5.74, 6) is 0.462. The number of hydrogen-bond donors (Lipinski definition) is 1. The van der Waals surface area contributed by atoms with Gasteiger partial charge in [0.2, 0.25) is 0 Å². The van der Waals surface area contributed by atoms with Gasteiger partial charge in [0.15, 0.2) is 0 Å². The fourth-order valence-electron chi connectivity index (χ4n) is 2.09. The number of carbonyl (C=O) groups is 1. The van der Waals surface area contributed by atoms with E-state index in [0.717, 1.165) is 21.5 Å². The fraction of sp³-hybridized carbons (Fsp3) is 0.211. The number of rotatable bonds is 7. The van der Waals surface area contributed by atoms with Crippen molar-refractivity contribution in [2.75, 3.05) is 25.6 Å². The second-order valence-corrected chi connectivity index (χ2v) is 5.85. The highest BCUT2D eigenvalue weighted by molar-refractivity contribution is 9.10. The number of benzene rings is 2. The first-order chi connectivity index (χ1) is 11.6. The van der Waals surface area contributed by atoms with Crippen molar-refractivity contribution in [3.05, 3.63) is 64.1 Å². The minimum absolute atomic E-state index is 0.325. The summed E-state index contributed by atoms with van der Waals surface area (Å²) < 4.78 is 11.2. The molecule has 0 fully saturated rings. The van der Waals surface area contributed by atoms with Gasteiger partial charge in [0.25, 0.3) is 0 Å². The van der Waals surface area contributed by atoms with E-state index in [1.807, 2.05) is 54.6 Å². The van der Waals surface area contributed by atoms with Gasteiger partial charge in [0.1, 0.15) is 5.75 Å². The third-order valence-corrected chi connectivity index (χ3v) is 4.07. The van der Waals surface area contributed by atoms with Gasteiger partial charge in [0.05, 0.1) is 19.3 Å². The quantitative estimate of drug-likeness (QED) is 0.558. The standard InChI is InChI=1S/C19H20BrNO3/c1-3-24-19(22)15(12-14-6-4-5-7-18(14)20)13-21-16-8-10-17(23-2)11-9-16/h4-12,21H,3,13H2,1-2H3/b15-12+. The Labute approximate surface area is 150 Å². The number of halogens is 1. The summed E-state index contributed by atoms with van der Waals surface area (Å²) in [4.78, 5) is 12.2. The maximum atomic E-state index is 12.2. The largest absolute Gasteiger partial charge is 0.497 e. The Morgan fingerprint density at radius 1 is 1.17 bits per heavy atom. The first-order valence-corrected chi connectivity index (χ1v) is 8.43. The molecule has 2 rings (SSSR count). The van der Waals surface area contributed by atoms with Crippen LogP contribution < -0.4 is 10.1 Å². The summed E-state index contributed by atoms with van der Waals surface area (Å²) in [5.41, 5.74) is 2.38. The lowest BCUT2D eigenvalue weighted by atomic mass is 10.1. The van der Waals surface area contributed by atoms with Gasteiger partial charge in [-0.1, -0.05) is 34.1 Å². The molecule has 0 saturated carbocycles. The minimum atomic E-state index is -0.325. The molecule has 0 aliphatic rings. The lowest BCUT2D eigenvalue weighted by Gasteiger charge is -2.11. The molecule has 0 aliphatic carbocycles. The number of hydrogen-bond acceptors (Lipinski definition) is 4. The third-order valence-electron chi connectivity index (χ3n) is 3.35. The number of ether oxygens (including phenoxy) is 2. The monoisotopic (exact) mass is 389 g/mol. The van der Waals surface area contributed by atoms with Crippen LogP contribution in [0.1, 0.15) is 12.5 Å². The van der Waals surface area contributed by atoms with E-state index >= 15 is 0 Å². The molecule has 24 heavy (non-hydrogen) atoms. The van der Waals surface area contributed by atoms with Crippen molar-refractivity contribution in [1.29, 1.82) is 0 Å². The molecular weight excluding hydrogens is 370 g/mol. The van der Waals surface area contributed by atoms with Gasteiger partial charge in [-0.25, -0.2) is 4.79 Å². The van der Waals surface area contributed by atoms with Crippen LogP contribution in [0.15, 0.2) is 58.6 Å². The number of esters is 1. The Kier molecular flexibility index (Phi) is 6.88. The van der Waals surface area contributed by atoms with E-state index in [0.29, 0.717) is 18.7 Å². The SMILES string of the molecule is CCOC(=O)/C(=C/c1ccccc1Br)CNc1ccc(OC)cc1. The van der Waals surface area contributed by atoms with E-state index in [9.17, 15) is 4.79 Å². The van der Waals surface area contributed by atoms with Gasteiger partial charge in [-0.2, -0.15) is 0 Å². The highest BCUT2D eigenvalue weighted by Gasteiger charge is 2.11. The molecule has 126 valence electrons. The van der Waals surface area contributed by atoms with Gasteiger partial charge >= 0.3 is 5.97 Å². The van der Waals surface area contributed by atoms with Gasteiger partial charge in [-0.05, 0) is 48.9 Å². The number of carbonyl (C=O) groups excluding carboxylic acids is 1. The Hall–Kier alpha value is -2.27. The summed E-state index contributed by atoms with van der Waals surface area (Å²) in [6, 6.07) is 15.3. The van der Waals surface area contributed by atoms with Gasteiger partial charge < -0.3 is 14.8 Å². The Balaban J connectivity index is 2.17. The molecule has 0 heterocycles. The van der Waals surface area contributed by atoms with Crippen molar-refractivity contribution in [1.82, 2.24) is 0 Å². The van der Waals surface area contributed by atoms with Gasteiger partial charge in [-0.15, -0.1) is 0 Å². The molecule has 0 aliphatic heterocycles. The second kappa shape index (κ2) is 9.13. The molecular formula is C19H20BrNO3. The van der Waals surface area contributed by atoms with Crippen molar-refractivity contribution in [3.8, 4) is 5.75 Å². The zero-order chi connectivity index (χ0) is 17.4. The molecule has 0 radical (unpaired) electrons. The lowest BCUT2D eigenvalue weighted by Crippen LogP contribution is -2.15. The summed E-state index contributed by atoms with van der Waals surface area (Å²) in [5, 5.41) is 3.24. The molecule has 2 aromatic carbocycles. The first-order valence-electron chi connectivity index (χ1n) is 7.64. The molecule has 2 aromatic rings. The average molecular weight is 390 g/mol. The average Bonchev–Trinajstić information content (AvgIpc) is 2.60. The van der Waals surface area contributed by atoms with Gasteiger partial charge in [0, 0.05) is 16.7 Å². The minimum Gasteiger partial charge on any atom is -0.497 e. The topological polar surface area (TPSA) is 47.6 Å². The molecule has 0 atom stereocenters. The van der Waals surface area contributed by atoms with Crippen LogP contribution in [0, 0.1) is 0 Å². The van der Waals surface area contributed by atoms with Crippen molar-refractivity contribution in [2.24, 2.45) is 0 Å². The van der Waals surface area contributed by atoms with Crippen LogP contribution in [0.5, 0.6) is 5.75 Å². The Bertz CT molecular complexity index is 711. The van der Waals surface area contributed by atoms with Crippen molar-refractivity contribution >= 4 is 33.7 Å². The van der Waals surface area contributed by atoms with Crippen molar-refractivity contribution < 1.29 is 14.3 Å². The third kappa shape index (κ3) is 5.13. The molecule has 0 aromatic heterocycles. The lowest BCUT2D eigenvalue weighted by molar-refractivity contribution is -0.138. The molecule has 0 unspecified atom stereocenters. The molecule has 0 bridgehead atoms. The van der Waals surface area contributed by atoms with E-state index in [-0.39, 0.29) is 5.97 Å². The number of nitrogens with one attached hydrogen (secondary N) is 1. The summed E-state index contributed by atoms with van der Waals surface area (Å²) in [7, 11) is 1.63. The summed E-state index contributed by atoms with van der Waals surface area (Å²) >= 11 is 3.49. The predicted octanol–water partition coefficient (Wildman–Crippen LogP) is 4.52. The zero-order valence-corrected chi connectivity index (χ0v) is 15.3. The van der Waals surface area contributed by atoms with E-state index in [1.165, 1.54) is 0 Å². The smallest absolute Gasteiger partial charge is 0.335 e. The van der Waals surface area contributed by atoms with E-state index in [2.05, 4.69) is 21.2 Å². The van der Waals surface area contributed by atoms with Gasteiger partial charge in [-0.3, -0.25) is 0 Å². The number of methoxy groups -OCH3 is 1. The van der Waals surface area contributed by atoms with Crippen LogP contribution in [0.2, 0.25) is 0 Å². The Morgan fingerprint density at radius 2 is 1.88 bits per heavy atom. The van der Waals surface area contributed by atoms with Crippen molar-refractivity contribution in [2.45, 2.75) is 6.92 Å². The highest BCUT2D eigenvalue weighted by atomic mass is 79.9. The summed E-state index contributed by atoms with van der Waals surface area (Å²) in [6.45, 7) is 2.51. The Morgan fingerprint density at radius 3 is 2.50 bits per heavy atom. The maximum absolute atomic E-state index is 12.2. The van der Waals surface area contributed by atoms with Crippen LogP contribution in [0.4, 0.5) is 5.69 Å². The molecule has 0 amide bonds. The van der Waals surface area contributed by atoms with Crippen LogP contribution in [-0.4, -0.2) is 26.2 Å². The molecule has 4 nitrogen and oxygen atoms in total. The van der Waals surface area contributed by atoms with Crippen LogP contribution in [-0.2, 0) is 9.53 Å². The van der Waals surface area contributed by atoms with Crippen LogP contribution in [0.3, 0.4) is 0 Å². The molecule has 1 N–H and O–H groups in total. The normalized spacial score (nSPS) is 11.0. The van der Waals surface area contributed by atoms with Crippen LogP contribution in [0.25, 0.3) is 6.08 Å². The van der Waals surface area contributed by atoms with E-state index in [4.69, 9.17) is 9.47 Å². The van der Waals surface area contributed by atoms with Crippen molar-refractivity contribution in [3.63, 3.8) is 0 Å².